The van der Waals surface area contributed by atoms with E-state index in [9.17, 15) is 9.18 Å². The maximum Gasteiger partial charge on any atom is 0.276 e. The highest BCUT2D eigenvalue weighted by atomic mass is 19.1. The van der Waals surface area contributed by atoms with Crippen LogP contribution in [0.2, 0.25) is 0 Å². The van der Waals surface area contributed by atoms with Gasteiger partial charge in [0.25, 0.3) is 5.91 Å². The van der Waals surface area contributed by atoms with Crippen LogP contribution in [0.4, 0.5) is 4.39 Å². The van der Waals surface area contributed by atoms with Crippen molar-refractivity contribution in [2.24, 2.45) is 0 Å². The van der Waals surface area contributed by atoms with E-state index in [1.165, 1.54) is 12.1 Å². The van der Waals surface area contributed by atoms with Gasteiger partial charge in [-0.3, -0.25) is 4.79 Å². The average molecular weight is 420 g/mol. The molecule has 0 unspecified atom stereocenters. The van der Waals surface area contributed by atoms with Crippen molar-refractivity contribution in [3.8, 4) is 17.1 Å². The van der Waals surface area contributed by atoms with Gasteiger partial charge in [0.15, 0.2) is 11.5 Å². The summed E-state index contributed by atoms with van der Waals surface area (Å²) in [5.74, 6) is 1.22. The monoisotopic (exact) mass is 420 g/mol. The van der Waals surface area contributed by atoms with Crippen molar-refractivity contribution in [1.29, 1.82) is 0 Å². The first-order chi connectivity index (χ1) is 15.1. The predicted octanol–water partition coefficient (Wildman–Crippen LogP) is 5.32. The van der Waals surface area contributed by atoms with Gasteiger partial charge in [-0.05, 0) is 61.0 Å². The van der Waals surface area contributed by atoms with Crippen molar-refractivity contribution in [2.45, 2.75) is 20.0 Å². The Labute approximate surface area is 178 Å². The largest absolute Gasteiger partial charge is 0.494 e. The molecule has 7 heteroatoms. The van der Waals surface area contributed by atoms with Crippen molar-refractivity contribution in [3.05, 3.63) is 95.8 Å². The molecule has 0 saturated heterocycles. The number of benzene rings is 2. The van der Waals surface area contributed by atoms with Gasteiger partial charge in [-0.1, -0.05) is 17.3 Å². The molecule has 0 saturated carbocycles. The van der Waals surface area contributed by atoms with Crippen molar-refractivity contribution in [2.75, 3.05) is 6.61 Å². The first-order valence-electron chi connectivity index (χ1n) is 9.88. The summed E-state index contributed by atoms with van der Waals surface area (Å²) < 4.78 is 29.5. The van der Waals surface area contributed by atoms with E-state index in [0.29, 0.717) is 18.1 Å². The molecule has 2 heterocycles. The van der Waals surface area contributed by atoms with Gasteiger partial charge >= 0.3 is 0 Å². The molecule has 0 spiro atoms. The van der Waals surface area contributed by atoms with Gasteiger partial charge in [-0.15, -0.1) is 0 Å². The quantitative estimate of drug-likeness (QED) is 0.386. The highest BCUT2D eigenvalue weighted by Gasteiger charge is 2.22. The van der Waals surface area contributed by atoms with Gasteiger partial charge in [0.05, 0.1) is 19.4 Å². The molecule has 0 aliphatic rings. The molecule has 0 atom stereocenters. The molecule has 0 fully saturated rings. The van der Waals surface area contributed by atoms with Crippen molar-refractivity contribution < 1.29 is 22.9 Å². The van der Waals surface area contributed by atoms with Crippen LogP contribution in [-0.2, 0) is 13.1 Å². The molecule has 2 aromatic heterocycles. The Bertz CT molecular complexity index is 1120. The lowest BCUT2D eigenvalue weighted by atomic mass is 10.1. The second-order valence-corrected chi connectivity index (χ2v) is 6.90. The number of hydrogen-bond acceptors (Lipinski definition) is 5. The highest BCUT2D eigenvalue weighted by Crippen LogP contribution is 2.24. The topological polar surface area (TPSA) is 68.7 Å². The lowest BCUT2D eigenvalue weighted by Gasteiger charge is -2.20. The van der Waals surface area contributed by atoms with E-state index in [4.69, 9.17) is 13.7 Å². The summed E-state index contributed by atoms with van der Waals surface area (Å²) in [7, 11) is 0. The lowest BCUT2D eigenvalue weighted by Crippen LogP contribution is -2.30. The zero-order chi connectivity index (χ0) is 21.6. The smallest absolute Gasteiger partial charge is 0.276 e. The van der Waals surface area contributed by atoms with Crippen LogP contribution >= 0.6 is 0 Å². The maximum absolute atomic E-state index is 13.3. The molecule has 0 radical (unpaired) electrons. The Morgan fingerprint density at radius 3 is 2.52 bits per heavy atom. The number of carbonyl (C=O) groups is 1. The van der Waals surface area contributed by atoms with E-state index in [-0.39, 0.29) is 30.5 Å². The van der Waals surface area contributed by atoms with Crippen molar-refractivity contribution in [1.82, 2.24) is 10.1 Å². The van der Waals surface area contributed by atoms with Crippen LogP contribution < -0.4 is 4.74 Å². The van der Waals surface area contributed by atoms with E-state index in [1.54, 1.807) is 41.5 Å². The standard InChI is InChI=1S/C24H21FN2O4/c1-2-29-20-11-7-18(8-12-20)23-14-22(26-31-23)24(28)27(16-21-4-3-13-30-21)15-17-5-9-19(25)10-6-17/h3-14H,2,15-16H2,1H3. The Balaban J connectivity index is 1.55. The summed E-state index contributed by atoms with van der Waals surface area (Å²) in [5.41, 5.74) is 1.75. The van der Waals surface area contributed by atoms with E-state index in [2.05, 4.69) is 5.16 Å². The molecule has 31 heavy (non-hydrogen) atoms. The minimum Gasteiger partial charge on any atom is -0.494 e. The third kappa shape index (κ3) is 5.01. The summed E-state index contributed by atoms with van der Waals surface area (Å²) in [6.07, 6.45) is 1.55. The SMILES string of the molecule is CCOc1ccc(-c2cc(C(=O)N(Cc3ccc(F)cc3)Cc3ccco3)no2)cc1. The van der Waals surface area contributed by atoms with E-state index < -0.39 is 0 Å². The Morgan fingerprint density at radius 2 is 1.84 bits per heavy atom. The molecule has 0 aliphatic heterocycles. The normalized spacial score (nSPS) is 10.8. The fraction of sp³-hybridized carbons (Fsp3) is 0.167. The number of hydrogen-bond donors (Lipinski definition) is 0. The zero-order valence-corrected chi connectivity index (χ0v) is 17.0. The van der Waals surface area contributed by atoms with Crippen LogP contribution in [0, 0.1) is 5.82 Å². The molecule has 4 aromatic rings. The number of carbonyl (C=O) groups excluding carboxylic acids is 1. The number of ether oxygens (including phenoxy) is 1. The minimum atomic E-state index is -0.329. The second kappa shape index (κ2) is 9.30. The molecular weight excluding hydrogens is 399 g/mol. The Hall–Kier alpha value is -3.87. The highest BCUT2D eigenvalue weighted by molar-refractivity contribution is 5.93. The number of rotatable bonds is 8. The van der Waals surface area contributed by atoms with Crippen LogP contribution in [0.15, 0.2) is 81.9 Å². The molecule has 0 aliphatic carbocycles. The molecule has 0 bridgehead atoms. The van der Waals surface area contributed by atoms with Crippen LogP contribution in [0.25, 0.3) is 11.3 Å². The van der Waals surface area contributed by atoms with Gasteiger partial charge in [-0.25, -0.2) is 4.39 Å². The van der Waals surface area contributed by atoms with E-state index >= 15 is 0 Å². The molecule has 6 nitrogen and oxygen atoms in total. The summed E-state index contributed by atoms with van der Waals surface area (Å²) in [6.45, 7) is 3.02. The number of aromatic nitrogens is 1. The average Bonchev–Trinajstić information content (AvgIpc) is 3.47. The number of nitrogens with zero attached hydrogens (tertiary/aromatic N) is 2. The summed E-state index contributed by atoms with van der Waals surface area (Å²) in [4.78, 5) is 14.8. The van der Waals surface area contributed by atoms with Crippen molar-refractivity contribution in [3.63, 3.8) is 0 Å². The first kappa shape index (κ1) is 20.4. The number of amides is 1. The summed E-state index contributed by atoms with van der Waals surface area (Å²) >= 11 is 0. The fourth-order valence-corrected chi connectivity index (χ4v) is 3.16. The van der Waals surface area contributed by atoms with Crippen molar-refractivity contribution >= 4 is 5.91 Å². The van der Waals surface area contributed by atoms with Crippen LogP contribution in [0.1, 0.15) is 28.7 Å². The van der Waals surface area contributed by atoms with Gasteiger partial charge in [0.2, 0.25) is 0 Å². The second-order valence-electron chi connectivity index (χ2n) is 6.90. The van der Waals surface area contributed by atoms with Crippen LogP contribution in [0.5, 0.6) is 5.75 Å². The first-order valence-corrected chi connectivity index (χ1v) is 9.88. The molecule has 1 amide bonds. The van der Waals surface area contributed by atoms with Crippen LogP contribution in [0.3, 0.4) is 0 Å². The molecule has 4 rings (SSSR count). The molecular formula is C24H21FN2O4. The zero-order valence-electron chi connectivity index (χ0n) is 17.0. The van der Waals surface area contributed by atoms with Gasteiger partial charge in [0.1, 0.15) is 17.3 Å². The predicted molar refractivity (Wildman–Crippen MR) is 112 cm³/mol. The maximum atomic E-state index is 13.3. The summed E-state index contributed by atoms with van der Waals surface area (Å²) in [5, 5.41) is 3.97. The minimum absolute atomic E-state index is 0.178. The number of halogens is 1. The van der Waals surface area contributed by atoms with Gasteiger partial charge in [-0.2, -0.15) is 0 Å². The van der Waals surface area contributed by atoms with Crippen LogP contribution in [-0.4, -0.2) is 22.6 Å². The third-order valence-electron chi connectivity index (χ3n) is 4.68. The lowest BCUT2D eigenvalue weighted by molar-refractivity contribution is 0.0707. The summed E-state index contributed by atoms with van der Waals surface area (Å²) in [6, 6.07) is 18.5. The Kier molecular flexibility index (Phi) is 6.12. The molecule has 0 N–H and O–H groups in total. The van der Waals surface area contributed by atoms with Gasteiger partial charge in [0, 0.05) is 18.2 Å². The molecule has 158 valence electrons. The fourth-order valence-electron chi connectivity index (χ4n) is 3.16. The Morgan fingerprint density at radius 1 is 1.06 bits per heavy atom. The van der Waals surface area contributed by atoms with Gasteiger partial charge < -0.3 is 18.6 Å². The van der Waals surface area contributed by atoms with E-state index in [0.717, 1.165) is 16.9 Å². The van der Waals surface area contributed by atoms with E-state index in [1.807, 2.05) is 31.2 Å². The third-order valence-corrected chi connectivity index (χ3v) is 4.68. The number of furan rings is 1. The molecule has 2 aromatic carbocycles.